The molecule has 0 unspecified atom stereocenters. The van der Waals surface area contributed by atoms with Crippen LogP contribution in [0.15, 0.2) is 24.3 Å². The highest BCUT2D eigenvalue weighted by Gasteiger charge is 2.13. The molecule has 0 aromatic carbocycles. The molecule has 0 radical (unpaired) electrons. The lowest BCUT2D eigenvalue weighted by atomic mass is 10.2. The average molecular weight is 273 g/mol. The van der Waals surface area contributed by atoms with Crippen LogP contribution in [0.25, 0.3) is 5.03 Å². The number of thiophene rings is 1. The van der Waals surface area contributed by atoms with Crippen molar-refractivity contribution < 1.29 is 9.90 Å². The van der Waals surface area contributed by atoms with Gasteiger partial charge in [-0.2, -0.15) is 0 Å². The molecule has 0 amide bonds. The van der Waals surface area contributed by atoms with Crippen LogP contribution in [0.3, 0.4) is 0 Å². The minimum atomic E-state index is -0.921. The maximum atomic E-state index is 10.8. The van der Waals surface area contributed by atoms with E-state index in [1.165, 1.54) is 11.3 Å². The third kappa shape index (κ3) is 4.02. The van der Waals surface area contributed by atoms with E-state index in [0.29, 0.717) is 9.91 Å². The first-order valence-corrected chi connectivity index (χ1v) is 6.49. The predicted molar refractivity (Wildman–Crippen MR) is 76.0 cm³/mol. The molecule has 1 heterocycles. The maximum absolute atomic E-state index is 10.8. The number of hydrogen-bond acceptors (Lipinski definition) is 2. The molecule has 0 spiro atoms. The van der Waals surface area contributed by atoms with Gasteiger partial charge in [0.2, 0.25) is 0 Å². The summed E-state index contributed by atoms with van der Waals surface area (Å²) < 4.78 is 0. The molecule has 1 aromatic rings. The van der Waals surface area contributed by atoms with E-state index in [9.17, 15) is 4.79 Å². The Bertz CT molecular complexity index is 444. The van der Waals surface area contributed by atoms with E-state index in [0.717, 1.165) is 16.0 Å². The van der Waals surface area contributed by atoms with Gasteiger partial charge in [0.25, 0.3) is 0 Å². The quantitative estimate of drug-likeness (QED) is 0.792. The van der Waals surface area contributed by atoms with Crippen LogP contribution in [0, 0.1) is 6.92 Å². The zero-order valence-corrected chi connectivity index (χ0v) is 12.1. The molecule has 0 aliphatic carbocycles. The van der Waals surface area contributed by atoms with Gasteiger partial charge in [0.1, 0.15) is 4.88 Å². The van der Waals surface area contributed by atoms with Crippen LogP contribution in [0.5, 0.6) is 0 Å². The van der Waals surface area contributed by atoms with Gasteiger partial charge in [0.15, 0.2) is 0 Å². The lowest BCUT2D eigenvalue weighted by Gasteiger charge is -1.99. The zero-order chi connectivity index (χ0) is 13.6. The van der Waals surface area contributed by atoms with E-state index in [1.807, 2.05) is 27.7 Å². The number of allylic oxidation sites excluding steroid dienone is 2. The van der Waals surface area contributed by atoms with E-state index >= 15 is 0 Å². The first kappa shape index (κ1) is 15.9. The van der Waals surface area contributed by atoms with Crippen molar-refractivity contribution in [1.82, 2.24) is 0 Å². The topological polar surface area (TPSA) is 37.3 Å². The van der Waals surface area contributed by atoms with Gasteiger partial charge in [0, 0.05) is 4.88 Å². The Morgan fingerprint density at radius 3 is 2.41 bits per heavy atom. The number of aryl methyl sites for hydroxylation is 1. The Morgan fingerprint density at radius 2 is 2.06 bits per heavy atom. The number of carbonyl (C=O) groups is 1. The summed E-state index contributed by atoms with van der Waals surface area (Å²) in [5.74, 6) is -0.921. The van der Waals surface area contributed by atoms with Crippen molar-refractivity contribution in [3.63, 3.8) is 0 Å². The second-order valence-electron chi connectivity index (χ2n) is 3.13. The highest BCUT2D eigenvalue weighted by atomic mass is 35.5. The Hall–Kier alpha value is -1.06. The Kier molecular flexibility index (Phi) is 6.85. The summed E-state index contributed by atoms with van der Waals surface area (Å²) >= 11 is 7.29. The van der Waals surface area contributed by atoms with E-state index in [2.05, 4.69) is 6.58 Å². The zero-order valence-electron chi connectivity index (χ0n) is 10.5. The minimum Gasteiger partial charge on any atom is -0.477 e. The van der Waals surface area contributed by atoms with Crippen molar-refractivity contribution in [2.24, 2.45) is 0 Å². The molecule has 94 valence electrons. The molecule has 0 fully saturated rings. The molecule has 2 nitrogen and oxygen atoms in total. The fraction of sp³-hybridized carbons (Fsp3) is 0.308. The van der Waals surface area contributed by atoms with E-state index < -0.39 is 5.97 Å². The molecule has 1 aromatic heterocycles. The van der Waals surface area contributed by atoms with Crippen molar-refractivity contribution in [1.29, 1.82) is 0 Å². The molecule has 0 aliphatic heterocycles. The highest BCUT2D eigenvalue weighted by Crippen LogP contribution is 2.33. The number of rotatable bonds is 3. The smallest absolute Gasteiger partial charge is 0.345 e. The second-order valence-corrected chi connectivity index (χ2v) is 4.56. The SMILES string of the molecule is C=C/C(C)=C(/Cl)c1sc(C(=O)O)cc1C.CC. The summed E-state index contributed by atoms with van der Waals surface area (Å²) in [4.78, 5) is 11.9. The normalized spacial score (nSPS) is 11.1. The fourth-order valence-electron chi connectivity index (χ4n) is 1.07. The minimum absolute atomic E-state index is 0.303. The fourth-order valence-corrected chi connectivity index (χ4v) is 2.43. The van der Waals surface area contributed by atoms with Gasteiger partial charge in [0.05, 0.1) is 5.03 Å². The average Bonchev–Trinajstić information content (AvgIpc) is 2.72. The van der Waals surface area contributed by atoms with Gasteiger partial charge in [-0.15, -0.1) is 11.3 Å². The van der Waals surface area contributed by atoms with E-state index in [4.69, 9.17) is 16.7 Å². The molecule has 4 heteroatoms. The van der Waals surface area contributed by atoms with Crippen LogP contribution in [0.1, 0.15) is 40.9 Å². The summed E-state index contributed by atoms with van der Waals surface area (Å²) in [6, 6.07) is 1.63. The highest BCUT2D eigenvalue weighted by molar-refractivity contribution is 7.16. The summed E-state index contributed by atoms with van der Waals surface area (Å²) in [5, 5.41) is 9.40. The lowest BCUT2D eigenvalue weighted by molar-refractivity contribution is 0.0702. The third-order valence-corrected chi connectivity index (χ3v) is 3.82. The summed E-state index contributed by atoms with van der Waals surface area (Å²) in [5.41, 5.74) is 1.72. The van der Waals surface area contributed by atoms with Crippen LogP contribution in [-0.2, 0) is 0 Å². The van der Waals surface area contributed by atoms with Crippen molar-refractivity contribution in [3.05, 3.63) is 39.6 Å². The molecule has 0 saturated carbocycles. The molecular weight excluding hydrogens is 256 g/mol. The largest absolute Gasteiger partial charge is 0.477 e. The van der Waals surface area contributed by atoms with Gasteiger partial charge >= 0.3 is 5.97 Å². The summed E-state index contributed by atoms with van der Waals surface area (Å²) in [7, 11) is 0. The number of carboxylic acids is 1. The van der Waals surface area contributed by atoms with Crippen LogP contribution >= 0.6 is 22.9 Å². The molecule has 0 aliphatic rings. The monoisotopic (exact) mass is 272 g/mol. The standard InChI is InChI=1S/C11H11ClO2S.C2H6/c1-4-6(2)9(12)10-7(3)5-8(15-10)11(13)14;1-2/h4-5H,1H2,2-3H3,(H,13,14);1-2H3/b9-6+;. The summed E-state index contributed by atoms with van der Waals surface area (Å²) in [6.45, 7) is 11.3. The number of hydrogen-bond donors (Lipinski definition) is 1. The van der Waals surface area contributed by atoms with Gasteiger partial charge in [-0.05, 0) is 31.1 Å². The van der Waals surface area contributed by atoms with Crippen LogP contribution < -0.4 is 0 Å². The van der Waals surface area contributed by atoms with E-state index in [-0.39, 0.29) is 0 Å². The van der Waals surface area contributed by atoms with Crippen molar-refractivity contribution in [2.75, 3.05) is 0 Å². The predicted octanol–water partition coefficient (Wildman–Crippen LogP) is 4.94. The molecular formula is C13H17ClO2S. The molecule has 1 N–H and O–H groups in total. The van der Waals surface area contributed by atoms with Crippen molar-refractivity contribution >= 4 is 33.9 Å². The van der Waals surface area contributed by atoms with Gasteiger partial charge in [-0.1, -0.05) is 38.1 Å². The number of carboxylic acid groups (broad SMARTS) is 1. The lowest BCUT2D eigenvalue weighted by Crippen LogP contribution is -1.89. The first-order chi connectivity index (χ1) is 7.97. The van der Waals surface area contributed by atoms with Crippen molar-refractivity contribution in [2.45, 2.75) is 27.7 Å². The Labute approximate surface area is 111 Å². The van der Waals surface area contributed by atoms with Crippen LogP contribution in [-0.4, -0.2) is 11.1 Å². The Morgan fingerprint density at radius 1 is 1.53 bits per heavy atom. The first-order valence-electron chi connectivity index (χ1n) is 5.30. The van der Waals surface area contributed by atoms with Crippen LogP contribution in [0.4, 0.5) is 0 Å². The number of halogens is 1. The third-order valence-electron chi connectivity index (χ3n) is 1.98. The van der Waals surface area contributed by atoms with E-state index in [1.54, 1.807) is 12.1 Å². The molecule has 17 heavy (non-hydrogen) atoms. The van der Waals surface area contributed by atoms with Gasteiger partial charge in [-0.3, -0.25) is 0 Å². The summed E-state index contributed by atoms with van der Waals surface area (Å²) in [6.07, 6.45) is 1.65. The molecule has 0 saturated heterocycles. The molecule has 1 rings (SSSR count). The second kappa shape index (κ2) is 7.30. The molecule has 0 bridgehead atoms. The number of aromatic carboxylic acids is 1. The van der Waals surface area contributed by atoms with Crippen LogP contribution in [0.2, 0.25) is 0 Å². The Balaban J connectivity index is 0.00000121. The maximum Gasteiger partial charge on any atom is 0.345 e. The molecule has 0 atom stereocenters. The van der Waals surface area contributed by atoms with Gasteiger partial charge < -0.3 is 5.11 Å². The van der Waals surface area contributed by atoms with Crippen molar-refractivity contribution in [3.8, 4) is 0 Å². The van der Waals surface area contributed by atoms with Gasteiger partial charge in [-0.25, -0.2) is 4.79 Å².